The van der Waals surface area contributed by atoms with Crippen molar-refractivity contribution in [3.63, 3.8) is 0 Å². The van der Waals surface area contributed by atoms with E-state index in [1.807, 2.05) is 6.92 Å². The largest absolute Gasteiger partial charge is 0.496 e. The molecular formula is C12H16O5. The second-order valence-electron chi connectivity index (χ2n) is 3.82. The summed E-state index contributed by atoms with van der Waals surface area (Å²) in [5, 5.41) is 0. The molecule has 5 heteroatoms. The SMILES string of the molecule is COc1cc([C@H](C)[C@H](C)OC(C)=O)oc(=O)c1. The zero-order valence-corrected chi connectivity index (χ0v) is 10.4. The molecule has 0 aliphatic rings. The minimum absolute atomic E-state index is 0.221. The predicted molar refractivity (Wildman–Crippen MR) is 61.2 cm³/mol. The van der Waals surface area contributed by atoms with Gasteiger partial charge in [-0.3, -0.25) is 4.79 Å². The van der Waals surface area contributed by atoms with E-state index in [0.29, 0.717) is 11.5 Å². The van der Waals surface area contributed by atoms with Gasteiger partial charge in [0.15, 0.2) is 0 Å². The van der Waals surface area contributed by atoms with Crippen LogP contribution >= 0.6 is 0 Å². The van der Waals surface area contributed by atoms with Crippen LogP contribution in [-0.2, 0) is 9.53 Å². The van der Waals surface area contributed by atoms with Crippen molar-refractivity contribution in [2.45, 2.75) is 32.8 Å². The molecule has 0 N–H and O–H groups in total. The summed E-state index contributed by atoms with van der Waals surface area (Å²) < 4.78 is 15.1. The van der Waals surface area contributed by atoms with Crippen molar-refractivity contribution >= 4 is 5.97 Å². The van der Waals surface area contributed by atoms with Crippen molar-refractivity contribution < 1.29 is 18.7 Å². The first kappa shape index (κ1) is 13.3. The number of ether oxygens (including phenoxy) is 2. The molecule has 0 aromatic carbocycles. The highest BCUT2D eigenvalue weighted by molar-refractivity contribution is 5.66. The van der Waals surface area contributed by atoms with Crippen LogP contribution < -0.4 is 10.4 Å². The van der Waals surface area contributed by atoms with Crippen LogP contribution in [0.3, 0.4) is 0 Å². The van der Waals surface area contributed by atoms with Crippen LogP contribution in [0.15, 0.2) is 21.3 Å². The number of methoxy groups -OCH3 is 1. The Labute approximate surface area is 99.3 Å². The number of esters is 1. The van der Waals surface area contributed by atoms with Gasteiger partial charge in [0.05, 0.1) is 19.1 Å². The molecule has 94 valence electrons. The van der Waals surface area contributed by atoms with Gasteiger partial charge in [-0.05, 0) is 6.92 Å². The lowest BCUT2D eigenvalue weighted by molar-refractivity contribution is -0.146. The highest BCUT2D eigenvalue weighted by Crippen LogP contribution is 2.23. The first-order valence-electron chi connectivity index (χ1n) is 5.30. The minimum atomic E-state index is -0.485. The van der Waals surface area contributed by atoms with E-state index in [0.717, 1.165) is 0 Å². The van der Waals surface area contributed by atoms with E-state index in [4.69, 9.17) is 13.9 Å². The quantitative estimate of drug-likeness (QED) is 0.749. The molecule has 1 rings (SSSR count). The molecule has 0 spiro atoms. The standard InChI is InChI=1S/C12H16O5/c1-7(8(2)16-9(3)13)11-5-10(15-4)6-12(14)17-11/h5-8H,1-4H3/t7-,8+/m1/s1. The molecule has 0 unspecified atom stereocenters. The van der Waals surface area contributed by atoms with Gasteiger partial charge in [0, 0.05) is 13.0 Å². The van der Waals surface area contributed by atoms with Gasteiger partial charge in [-0.2, -0.15) is 0 Å². The molecule has 2 atom stereocenters. The van der Waals surface area contributed by atoms with Crippen LogP contribution in [0.1, 0.15) is 32.4 Å². The third-order valence-electron chi connectivity index (χ3n) is 2.50. The second kappa shape index (κ2) is 5.52. The zero-order chi connectivity index (χ0) is 13.0. The average molecular weight is 240 g/mol. The van der Waals surface area contributed by atoms with Crippen molar-refractivity contribution in [1.82, 2.24) is 0 Å². The second-order valence-corrected chi connectivity index (χ2v) is 3.82. The summed E-state index contributed by atoms with van der Waals surface area (Å²) in [6.07, 6.45) is -0.372. The molecule has 5 nitrogen and oxygen atoms in total. The molecule has 17 heavy (non-hydrogen) atoms. The van der Waals surface area contributed by atoms with Gasteiger partial charge in [-0.15, -0.1) is 0 Å². The molecule has 0 amide bonds. The molecule has 0 radical (unpaired) electrons. The summed E-state index contributed by atoms with van der Waals surface area (Å²) in [6.45, 7) is 4.89. The van der Waals surface area contributed by atoms with Crippen LogP contribution in [0.25, 0.3) is 0 Å². The maximum Gasteiger partial charge on any atom is 0.339 e. The van der Waals surface area contributed by atoms with Gasteiger partial charge >= 0.3 is 11.6 Å². The molecular weight excluding hydrogens is 224 g/mol. The van der Waals surface area contributed by atoms with Gasteiger partial charge in [0.25, 0.3) is 0 Å². The van der Waals surface area contributed by atoms with E-state index in [9.17, 15) is 9.59 Å². The molecule has 1 heterocycles. The third kappa shape index (κ3) is 3.62. The molecule has 0 saturated heterocycles. The lowest BCUT2D eigenvalue weighted by atomic mass is 10.0. The van der Waals surface area contributed by atoms with Crippen LogP contribution in [-0.4, -0.2) is 19.2 Å². The number of hydrogen-bond donors (Lipinski definition) is 0. The highest BCUT2D eigenvalue weighted by atomic mass is 16.5. The normalized spacial score (nSPS) is 13.9. The molecule has 1 aromatic rings. The summed E-state index contributed by atoms with van der Waals surface area (Å²) in [7, 11) is 1.47. The van der Waals surface area contributed by atoms with Crippen molar-refractivity contribution in [1.29, 1.82) is 0 Å². The van der Waals surface area contributed by atoms with E-state index in [-0.39, 0.29) is 18.0 Å². The van der Waals surface area contributed by atoms with Crippen LogP contribution in [0.5, 0.6) is 5.75 Å². The average Bonchev–Trinajstić information content (AvgIpc) is 2.26. The van der Waals surface area contributed by atoms with Gasteiger partial charge in [-0.25, -0.2) is 4.79 Å². The Morgan fingerprint density at radius 3 is 2.53 bits per heavy atom. The Bertz CT molecular complexity index is 448. The van der Waals surface area contributed by atoms with E-state index < -0.39 is 5.63 Å². The molecule has 0 saturated carbocycles. The Balaban J connectivity index is 2.95. The first-order chi connectivity index (χ1) is 7.93. The fourth-order valence-corrected chi connectivity index (χ4v) is 1.41. The molecule has 0 aliphatic heterocycles. The van der Waals surface area contributed by atoms with Crippen molar-refractivity contribution in [3.05, 3.63) is 28.3 Å². The number of hydrogen-bond acceptors (Lipinski definition) is 5. The summed E-state index contributed by atoms with van der Waals surface area (Å²) in [4.78, 5) is 22.1. The summed E-state index contributed by atoms with van der Waals surface area (Å²) in [5.74, 6) is 0.275. The maximum absolute atomic E-state index is 11.3. The Hall–Kier alpha value is -1.78. The topological polar surface area (TPSA) is 65.7 Å². The summed E-state index contributed by atoms with van der Waals surface area (Å²) in [5.41, 5.74) is -0.485. The number of rotatable bonds is 4. The highest BCUT2D eigenvalue weighted by Gasteiger charge is 2.20. The fraction of sp³-hybridized carbons (Fsp3) is 0.500. The van der Waals surface area contributed by atoms with E-state index in [1.165, 1.54) is 20.1 Å². The van der Waals surface area contributed by atoms with Crippen molar-refractivity contribution in [2.24, 2.45) is 0 Å². The molecule has 0 bridgehead atoms. The maximum atomic E-state index is 11.3. The van der Waals surface area contributed by atoms with Gasteiger partial charge in [0.1, 0.15) is 17.6 Å². The van der Waals surface area contributed by atoms with Crippen molar-refractivity contribution in [2.75, 3.05) is 7.11 Å². The zero-order valence-electron chi connectivity index (χ0n) is 10.4. The Morgan fingerprint density at radius 1 is 1.35 bits per heavy atom. The van der Waals surface area contributed by atoms with Crippen molar-refractivity contribution in [3.8, 4) is 5.75 Å². The Kier molecular flexibility index (Phi) is 4.31. The van der Waals surface area contributed by atoms with Crippen LogP contribution in [0.2, 0.25) is 0 Å². The molecule has 0 aliphatic carbocycles. The van der Waals surface area contributed by atoms with Gasteiger partial charge < -0.3 is 13.9 Å². The Morgan fingerprint density at radius 2 is 2.00 bits per heavy atom. The lowest BCUT2D eigenvalue weighted by Gasteiger charge is -2.18. The number of carbonyl (C=O) groups excluding carboxylic acids is 1. The van der Waals surface area contributed by atoms with E-state index in [2.05, 4.69) is 0 Å². The number of carbonyl (C=O) groups is 1. The first-order valence-corrected chi connectivity index (χ1v) is 5.30. The third-order valence-corrected chi connectivity index (χ3v) is 2.50. The van der Waals surface area contributed by atoms with Crippen LogP contribution in [0.4, 0.5) is 0 Å². The van der Waals surface area contributed by atoms with Gasteiger partial charge in [0.2, 0.25) is 0 Å². The van der Waals surface area contributed by atoms with E-state index in [1.54, 1.807) is 13.0 Å². The minimum Gasteiger partial charge on any atom is -0.496 e. The predicted octanol–water partition coefficient (Wildman–Crippen LogP) is 1.70. The monoisotopic (exact) mass is 240 g/mol. The fourth-order valence-electron chi connectivity index (χ4n) is 1.41. The summed E-state index contributed by atoms with van der Waals surface area (Å²) in [6, 6.07) is 2.87. The summed E-state index contributed by atoms with van der Waals surface area (Å²) >= 11 is 0. The molecule has 1 aromatic heterocycles. The smallest absolute Gasteiger partial charge is 0.339 e. The lowest BCUT2D eigenvalue weighted by Crippen LogP contribution is -2.20. The van der Waals surface area contributed by atoms with Crippen LogP contribution in [0, 0.1) is 0 Å². The van der Waals surface area contributed by atoms with Gasteiger partial charge in [-0.1, -0.05) is 6.92 Å². The molecule has 0 fully saturated rings. The van der Waals surface area contributed by atoms with E-state index >= 15 is 0 Å².